The zero-order chi connectivity index (χ0) is 13.8. The molecule has 0 aliphatic rings. The van der Waals surface area contributed by atoms with E-state index in [2.05, 4.69) is 5.32 Å². The van der Waals surface area contributed by atoms with Crippen molar-refractivity contribution in [3.05, 3.63) is 23.7 Å². The molecule has 1 N–H and O–H groups in total. The molecule has 1 aromatic heterocycles. The first-order chi connectivity index (χ1) is 8.32. The second kappa shape index (κ2) is 6.01. The predicted octanol–water partition coefficient (Wildman–Crippen LogP) is 0.599. The maximum Gasteiger partial charge on any atom is 0.254 e. The summed E-state index contributed by atoms with van der Waals surface area (Å²) in [6, 6.07) is 1.60. The Morgan fingerprint density at radius 3 is 2.67 bits per heavy atom. The van der Waals surface area contributed by atoms with Crippen molar-refractivity contribution in [1.29, 1.82) is 0 Å². The van der Waals surface area contributed by atoms with Crippen LogP contribution in [0.1, 0.15) is 22.5 Å². The van der Waals surface area contributed by atoms with E-state index < -0.39 is 10.0 Å². The lowest BCUT2D eigenvalue weighted by atomic mass is 10.2. The van der Waals surface area contributed by atoms with Crippen molar-refractivity contribution >= 4 is 15.9 Å². The highest BCUT2D eigenvalue weighted by atomic mass is 32.2. The van der Waals surface area contributed by atoms with Crippen LogP contribution in [0, 0.1) is 6.92 Å². The number of rotatable bonds is 6. The molecule has 1 aromatic rings. The number of hydrogen-bond donors (Lipinski definition) is 1. The number of nitrogens with zero attached hydrogens (tertiary/aromatic N) is 1. The number of hydrogen-bond acceptors (Lipinski definition) is 4. The minimum atomic E-state index is -3.15. The lowest BCUT2D eigenvalue weighted by Gasteiger charge is -2.13. The minimum absolute atomic E-state index is 0.205. The summed E-state index contributed by atoms with van der Waals surface area (Å²) in [5.41, 5.74) is 0.506. The molecule has 0 spiro atoms. The molecule has 0 aromatic carbocycles. The Morgan fingerprint density at radius 2 is 2.17 bits per heavy atom. The summed E-state index contributed by atoms with van der Waals surface area (Å²) in [4.78, 5) is 11.7. The highest BCUT2D eigenvalue weighted by Gasteiger charge is 2.12. The number of furan rings is 1. The molecule has 1 amide bonds. The molecule has 1 heterocycles. The van der Waals surface area contributed by atoms with Crippen LogP contribution in [0.2, 0.25) is 0 Å². The zero-order valence-electron chi connectivity index (χ0n) is 10.8. The molecule has 7 heteroatoms. The molecular weight excluding hydrogens is 256 g/mol. The summed E-state index contributed by atoms with van der Waals surface area (Å²) in [5.74, 6) is 0.365. The average molecular weight is 274 g/mol. The molecule has 0 aliphatic carbocycles. The van der Waals surface area contributed by atoms with Gasteiger partial charge in [0.15, 0.2) is 0 Å². The fraction of sp³-hybridized carbons (Fsp3) is 0.545. The molecule has 1 rings (SSSR count). The standard InChI is InChI=1S/C11H18N2O4S/c1-9-10(5-8-17-9)11(14)12-6-4-7-13(2)18(3,15)16/h5,8H,4,6-7H2,1-3H3,(H,12,14). The first-order valence-corrected chi connectivity index (χ1v) is 7.41. The van der Waals surface area contributed by atoms with Crippen molar-refractivity contribution in [3.8, 4) is 0 Å². The summed E-state index contributed by atoms with van der Waals surface area (Å²) in [7, 11) is -1.64. The molecule has 0 fully saturated rings. The monoisotopic (exact) mass is 274 g/mol. The fourth-order valence-electron chi connectivity index (χ4n) is 1.39. The number of carbonyl (C=O) groups excluding carboxylic acids is 1. The smallest absolute Gasteiger partial charge is 0.254 e. The number of carbonyl (C=O) groups is 1. The molecule has 0 saturated carbocycles. The lowest BCUT2D eigenvalue weighted by Crippen LogP contribution is -2.31. The normalized spacial score (nSPS) is 11.8. The van der Waals surface area contributed by atoms with E-state index in [0.29, 0.717) is 30.8 Å². The highest BCUT2D eigenvalue weighted by Crippen LogP contribution is 2.07. The Bertz CT molecular complexity index is 507. The fourth-order valence-corrected chi connectivity index (χ4v) is 1.85. The number of nitrogens with one attached hydrogen (secondary N) is 1. The van der Waals surface area contributed by atoms with Gasteiger partial charge in [-0.05, 0) is 19.4 Å². The van der Waals surface area contributed by atoms with Crippen molar-refractivity contribution in [1.82, 2.24) is 9.62 Å². The molecule has 0 atom stereocenters. The second-order valence-electron chi connectivity index (χ2n) is 4.08. The molecule has 102 valence electrons. The van der Waals surface area contributed by atoms with Crippen molar-refractivity contribution < 1.29 is 17.6 Å². The van der Waals surface area contributed by atoms with E-state index in [1.165, 1.54) is 17.6 Å². The quantitative estimate of drug-likeness (QED) is 0.770. The van der Waals surface area contributed by atoms with Crippen LogP contribution < -0.4 is 5.32 Å². The molecule has 0 unspecified atom stereocenters. The van der Waals surface area contributed by atoms with Crippen molar-refractivity contribution in [2.75, 3.05) is 26.4 Å². The zero-order valence-corrected chi connectivity index (χ0v) is 11.6. The van der Waals surface area contributed by atoms with Gasteiger partial charge in [-0.1, -0.05) is 0 Å². The van der Waals surface area contributed by atoms with E-state index in [1.807, 2.05) is 0 Å². The molecule has 18 heavy (non-hydrogen) atoms. The van der Waals surface area contributed by atoms with Gasteiger partial charge in [0, 0.05) is 20.1 Å². The van der Waals surface area contributed by atoms with Gasteiger partial charge in [-0.2, -0.15) is 0 Å². The van der Waals surface area contributed by atoms with Crippen LogP contribution in [0.5, 0.6) is 0 Å². The SMILES string of the molecule is Cc1occc1C(=O)NCCCN(C)S(C)(=O)=O. The first kappa shape index (κ1) is 14.7. The molecular formula is C11H18N2O4S. The van der Waals surface area contributed by atoms with Crippen LogP contribution in [0.15, 0.2) is 16.7 Å². The maximum atomic E-state index is 11.7. The molecule has 0 saturated heterocycles. The van der Waals surface area contributed by atoms with Gasteiger partial charge in [0.2, 0.25) is 10.0 Å². The topological polar surface area (TPSA) is 79.6 Å². The molecule has 0 radical (unpaired) electrons. The van der Waals surface area contributed by atoms with Crippen molar-refractivity contribution in [2.24, 2.45) is 0 Å². The Morgan fingerprint density at radius 1 is 1.50 bits per heavy atom. The van der Waals surface area contributed by atoms with Gasteiger partial charge in [0.1, 0.15) is 5.76 Å². The van der Waals surface area contributed by atoms with Gasteiger partial charge in [-0.15, -0.1) is 0 Å². The largest absolute Gasteiger partial charge is 0.469 e. The summed E-state index contributed by atoms with van der Waals surface area (Å²) in [5, 5.41) is 2.71. The van der Waals surface area contributed by atoms with Gasteiger partial charge in [0.25, 0.3) is 5.91 Å². The van der Waals surface area contributed by atoms with Crippen molar-refractivity contribution in [3.63, 3.8) is 0 Å². The van der Waals surface area contributed by atoms with E-state index in [9.17, 15) is 13.2 Å². The van der Waals surface area contributed by atoms with Gasteiger partial charge in [0.05, 0.1) is 18.1 Å². The minimum Gasteiger partial charge on any atom is -0.469 e. The second-order valence-corrected chi connectivity index (χ2v) is 6.17. The van der Waals surface area contributed by atoms with E-state index in [0.717, 1.165) is 6.26 Å². The van der Waals surface area contributed by atoms with Crippen LogP contribution in [0.4, 0.5) is 0 Å². The predicted molar refractivity (Wildman–Crippen MR) is 67.9 cm³/mol. The van der Waals surface area contributed by atoms with E-state index >= 15 is 0 Å². The summed E-state index contributed by atoms with van der Waals surface area (Å²) in [6.45, 7) is 2.51. The third-order valence-corrected chi connectivity index (χ3v) is 3.92. The van der Waals surface area contributed by atoms with Crippen LogP contribution >= 0.6 is 0 Å². The van der Waals surface area contributed by atoms with Crippen molar-refractivity contribution in [2.45, 2.75) is 13.3 Å². The Labute approximate surface area is 107 Å². The number of amides is 1. The maximum absolute atomic E-state index is 11.7. The number of sulfonamides is 1. The summed E-state index contributed by atoms with van der Waals surface area (Å²) < 4.78 is 28.5. The van der Waals surface area contributed by atoms with Gasteiger partial charge >= 0.3 is 0 Å². The van der Waals surface area contributed by atoms with Crippen LogP contribution in [0.3, 0.4) is 0 Å². The Balaban J connectivity index is 2.31. The van der Waals surface area contributed by atoms with Crippen LogP contribution in [-0.2, 0) is 10.0 Å². The molecule has 0 aliphatic heterocycles. The van der Waals surface area contributed by atoms with Crippen LogP contribution in [-0.4, -0.2) is 45.0 Å². The van der Waals surface area contributed by atoms with Crippen LogP contribution in [0.25, 0.3) is 0 Å². The Hall–Kier alpha value is -1.34. The number of aryl methyl sites for hydroxylation is 1. The van der Waals surface area contributed by atoms with Gasteiger partial charge in [-0.3, -0.25) is 4.79 Å². The first-order valence-electron chi connectivity index (χ1n) is 5.56. The van der Waals surface area contributed by atoms with Gasteiger partial charge < -0.3 is 9.73 Å². The average Bonchev–Trinajstić information content (AvgIpc) is 2.68. The third kappa shape index (κ3) is 4.15. The van der Waals surface area contributed by atoms with Gasteiger partial charge in [-0.25, -0.2) is 12.7 Å². The summed E-state index contributed by atoms with van der Waals surface area (Å²) >= 11 is 0. The van der Waals surface area contributed by atoms with E-state index in [4.69, 9.17) is 4.42 Å². The highest BCUT2D eigenvalue weighted by molar-refractivity contribution is 7.88. The van der Waals surface area contributed by atoms with E-state index in [-0.39, 0.29) is 5.91 Å². The lowest BCUT2D eigenvalue weighted by molar-refractivity contribution is 0.0951. The summed E-state index contributed by atoms with van der Waals surface area (Å²) in [6.07, 6.45) is 3.17. The molecule has 0 bridgehead atoms. The third-order valence-electron chi connectivity index (χ3n) is 2.60. The molecule has 6 nitrogen and oxygen atoms in total. The Kier molecular flexibility index (Phi) is 4.92. The van der Waals surface area contributed by atoms with E-state index in [1.54, 1.807) is 13.0 Å².